The van der Waals surface area contributed by atoms with Crippen molar-refractivity contribution in [1.82, 2.24) is 0 Å². The van der Waals surface area contributed by atoms with Crippen LogP contribution in [0.15, 0.2) is 0 Å². The first kappa shape index (κ1) is 9.19. The Morgan fingerprint density at radius 1 is 1.22 bits per heavy atom. The highest BCUT2D eigenvalue weighted by Crippen LogP contribution is 2.00. The predicted octanol–water partition coefficient (Wildman–Crippen LogP) is 0.321. The Labute approximate surface area is 61.7 Å². The SMILES string of the molecule is BBBCCCCCC. The van der Waals surface area contributed by atoms with Crippen molar-refractivity contribution >= 4 is 22.0 Å². The van der Waals surface area contributed by atoms with Crippen LogP contribution in [0.1, 0.15) is 32.6 Å². The molecular formula is C6H17B3. The van der Waals surface area contributed by atoms with Gasteiger partial charge in [-0.25, -0.2) is 0 Å². The first-order chi connectivity index (χ1) is 4.41. The van der Waals surface area contributed by atoms with Crippen LogP contribution >= 0.6 is 0 Å². The number of hydrogen-bond acceptors (Lipinski definition) is 0. The fraction of sp³-hybridized carbons (Fsp3) is 1.00. The molecule has 0 unspecified atom stereocenters. The van der Waals surface area contributed by atoms with Crippen molar-refractivity contribution in [3.8, 4) is 0 Å². The first-order valence-corrected chi connectivity index (χ1v) is 4.41. The molecule has 3 heteroatoms. The summed E-state index contributed by atoms with van der Waals surface area (Å²) in [6, 6.07) is 0. The van der Waals surface area contributed by atoms with Crippen LogP contribution in [-0.4, -0.2) is 22.0 Å². The van der Waals surface area contributed by atoms with Crippen molar-refractivity contribution in [3.05, 3.63) is 0 Å². The molecule has 0 amide bonds. The maximum Gasteiger partial charge on any atom is 0.0780 e. The maximum absolute atomic E-state index is 2.26. The highest BCUT2D eigenvalue weighted by Gasteiger charge is 1.88. The van der Waals surface area contributed by atoms with E-state index in [-0.39, 0.29) is 0 Å². The van der Waals surface area contributed by atoms with Crippen molar-refractivity contribution in [1.29, 1.82) is 0 Å². The highest BCUT2D eigenvalue weighted by atomic mass is 13.8. The second-order valence-corrected chi connectivity index (χ2v) is 2.77. The molecule has 0 bridgehead atoms. The molecule has 50 valence electrons. The van der Waals surface area contributed by atoms with Gasteiger partial charge in [-0.15, -0.1) is 0 Å². The summed E-state index contributed by atoms with van der Waals surface area (Å²) in [5.74, 6) is 0. The van der Waals surface area contributed by atoms with E-state index in [9.17, 15) is 0 Å². The van der Waals surface area contributed by atoms with Gasteiger partial charge in [0.2, 0.25) is 0 Å². The van der Waals surface area contributed by atoms with Gasteiger partial charge < -0.3 is 0 Å². The molecule has 0 saturated heterocycles. The van der Waals surface area contributed by atoms with Crippen LogP contribution in [0.25, 0.3) is 0 Å². The second-order valence-electron chi connectivity index (χ2n) is 2.77. The summed E-state index contributed by atoms with van der Waals surface area (Å²) in [5, 5.41) is 0. The van der Waals surface area contributed by atoms with Crippen molar-refractivity contribution in [2.45, 2.75) is 38.9 Å². The van der Waals surface area contributed by atoms with Crippen LogP contribution < -0.4 is 0 Å². The average Bonchev–Trinajstić information content (AvgIpc) is 1.89. The van der Waals surface area contributed by atoms with Crippen LogP contribution in [0.4, 0.5) is 0 Å². The van der Waals surface area contributed by atoms with Gasteiger partial charge >= 0.3 is 0 Å². The summed E-state index contributed by atoms with van der Waals surface area (Å²) in [4.78, 5) is 0. The third-order valence-electron chi connectivity index (χ3n) is 1.71. The van der Waals surface area contributed by atoms with E-state index in [1.54, 1.807) is 0 Å². The van der Waals surface area contributed by atoms with Crippen LogP contribution in [0.3, 0.4) is 0 Å². The molecule has 0 spiro atoms. The van der Waals surface area contributed by atoms with E-state index >= 15 is 0 Å². The highest BCUT2D eigenvalue weighted by molar-refractivity contribution is 7.23. The Kier molecular flexibility index (Phi) is 8.37. The van der Waals surface area contributed by atoms with Crippen molar-refractivity contribution in [2.75, 3.05) is 0 Å². The van der Waals surface area contributed by atoms with E-state index in [0.29, 0.717) is 0 Å². The second kappa shape index (κ2) is 8.19. The minimum atomic E-state index is 1.37. The number of hydrogen-bond donors (Lipinski definition) is 0. The molecule has 0 fully saturated rings. The molecule has 0 heterocycles. The Bertz CT molecular complexity index is 41.6. The van der Waals surface area contributed by atoms with Gasteiger partial charge in [-0.1, -0.05) is 38.9 Å². The largest absolute Gasteiger partial charge is 0.0853 e. The smallest absolute Gasteiger partial charge is 0.0780 e. The standard InChI is InChI=1S/C6H17B3/c1-2-3-4-5-6-8-9-7/h8-9H,2-7H2,1H3. The van der Waals surface area contributed by atoms with E-state index in [0.717, 1.165) is 0 Å². The Hall–Kier alpha value is 0.195. The molecular weight excluding hydrogens is 105 g/mol. The number of unbranched alkanes of at least 4 members (excludes halogenated alkanes) is 3. The fourth-order valence-corrected chi connectivity index (χ4v) is 1.03. The Balaban J connectivity index is 2.60. The Morgan fingerprint density at radius 2 is 2.00 bits per heavy atom. The predicted molar refractivity (Wildman–Crippen MR) is 51.8 cm³/mol. The topological polar surface area (TPSA) is 0 Å². The normalized spacial score (nSPS) is 9.00. The molecule has 0 aromatic carbocycles. The summed E-state index contributed by atoms with van der Waals surface area (Å²) < 4.78 is 0. The van der Waals surface area contributed by atoms with Crippen LogP contribution in [0, 0.1) is 0 Å². The third kappa shape index (κ3) is 8.19. The van der Waals surface area contributed by atoms with E-state index in [1.807, 2.05) is 0 Å². The molecule has 0 radical (unpaired) electrons. The summed E-state index contributed by atoms with van der Waals surface area (Å²) in [6.45, 7) is 2.26. The van der Waals surface area contributed by atoms with Crippen LogP contribution in [0.2, 0.25) is 6.32 Å². The zero-order valence-electron chi connectivity index (χ0n) is 6.95. The lowest BCUT2D eigenvalue weighted by Crippen LogP contribution is -2.01. The summed E-state index contributed by atoms with van der Waals surface area (Å²) >= 11 is 0. The molecule has 0 atom stereocenters. The van der Waals surface area contributed by atoms with Gasteiger partial charge in [0.1, 0.15) is 0 Å². The third-order valence-corrected chi connectivity index (χ3v) is 1.71. The quantitative estimate of drug-likeness (QED) is 0.351. The lowest BCUT2D eigenvalue weighted by atomic mass is 9.27. The zero-order chi connectivity index (χ0) is 6.95. The van der Waals surface area contributed by atoms with Gasteiger partial charge in [-0.2, -0.15) is 0 Å². The monoisotopic (exact) mass is 122 g/mol. The van der Waals surface area contributed by atoms with E-state index in [2.05, 4.69) is 14.7 Å². The molecule has 0 nitrogen and oxygen atoms in total. The minimum Gasteiger partial charge on any atom is -0.0853 e. The van der Waals surface area contributed by atoms with E-state index < -0.39 is 0 Å². The summed E-state index contributed by atoms with van der Waals surface area (Å²) in [6.07, 6.45) is 7.17. The van der Waals surface area contributed by atoms with Gasteiger partial charge in [0.25, 0.3) is 0 Å². The molecule has 0 aromatic rings. The van der Waals surface area contributed by atoms with E-state index in [4.69, 9.17) is 0 Å². The molecule has 0 aliphatic rings. The maximum atomic E-state index is 2.26. The fourth-order valence-electron chi connectivity index (χ4n) is 1.03. The van der Waals surface area contributed by atoms with Gasteiger partial charge in [0.15, 0.2) is 0 Å². The average molecular weight is 122 g/mol. The molecule has 0 rings (SSSR count). The van der Waals surface area contributed by atoms with Crippen molar-refractivity contribution in [2.24, 2.45) is 0 Å². The molecule has 0 saturated carbocycles. The van der Waals surface area contributed by atoms with E-state index in [1.165, 1.54) is 46.2 Å². The van der Waals surface area contributed by atoms with Crippen molar-refractivity contribution < 1.29 is 0 Å². The minimum absolute atomic E-state index is 1.37. The number of rotatable bonds is 6. The summed E-state index contributed by atoms with van der Waals surface area (Å²) in [7, 11) is 5.07. The molecule has 9 heavy (non-hydrogen) atoms. The first-order valence-electron chi connectivity index (χ1n) is 4.41. The lowest BCUT2D eigenvalue weighted by molar-refractivity contribution is 0.701. The summed E-state index contributed by atoms with van der Waals surface area (Å²) in [5.41, 5.74) is 0. The lowest BCUT2D eigenvalue weighted by Gasteiger charge is -1.94. The van der Waals surface area contributed by atoms with Gasteiger partial charge in [0, 0.05) is 0 Å². The van der Waals surface area contributed by atoms with Crippen LogP contribution in [-0.2, 0) is 0 Å². The van der Waals surface area contributed by atoms with Gasteiger partial charge in [-0.3, -0.25) is 0 Å². The van der Waals surface area contributed by atoms with Crippen molar-refractivity contribution in [3.63, 3.8) is 0 Å². The van der Waals surface area contributed by atoms with Gasteiger partial charge in [0.05, 0.1) is 22.0 Å². The molecule has 0 aromatic heterocycles. The molecule has 0 aliphatic carbocycles. The molecule has 0 N–H and O–H groups in total. The van der Waals surface area contributed by atoms with Crippen LogP contribution in [0.5, 0.6) is 0 Å². The zero-order valence-corrected chi connectivity index (χ0v) is 6.95. The van der Waals surface area contributed by atoms with Gasteiger partial charge in [-0.05, 0) is 0 Å². The Morgan fingerprint density at radius 3 is 2.56 bits per heavy atom. The molecule has 0 aliphatic heterocycles.